The summed E-state index contributed by atoms with van der Waals surface area (Å²) in [4.78, 5) is 4.20. The average Bonchev–Trinajstić information content (AvgIpc) is 2.07. The van der Waals surface area contributed by atoms with Gasteiger partial charge in [-0.2, -0.15) is 0 Å². The van der Waals surface area contributed by atoms with Crippen LogP contribution < -0.4 is 11.1 Å². The van der Waals surface area contributed by atoms with E-state index in [2.05, 4.69) is 17.2 Å². The zero-order chi connectivity index (χ0) is 9.84. The van der Waals surface area contributed by atoms with Crippen LogP contribution in [0.2, 0.25) is 0 Å². The van der Waals surface area contributed by atoms with Crippen molar-refractivity contribution in [2.75, 3.05) is 11.9 Å². The molecule has 1 rings (SSSR count). The van der Waals surface area contributed by atoms with Crippen LogP contribution in [0.4, 0.5) is 5.69 Å². The van der Waals surface area contributed by atoms with Crippen LogP contribution in [0, 0.1) is 13.8 Å². The molecule has 72 valence electrons. The van der Waals surface area contributed by atoms with Crippen LogP contribution >= 0.6 is 0 Å². The van der Waals surface area contributed by atoms with Crippen molar-refractivity contribution in [3.8, 4) is 0 Å². The van der Waals surface area contributed by atoms with E-state index in [0.717, 1.165) is 17.9 Å². The maximum Gasteiger partial charge on any atom is 0.0422 e. The first-order valence-electron chi connectivity index (χ1n) is 4.53. The maximum absolute atomic E-state index is 5.65. The fourth-order valence-corrected chi connectivity index (χ4v) is 1.10. The highest BCUT2D eigenvalue weighted by Gasteiger charge is 2.01. The second-order valence-electron chi connectivity index (χ2n) is 3.43. The van der Waals surface area contributed by atoms with E-state index >= 15 is 0 Å². The van der Waals surface area contributed by atoms with Crippen LogP contribution in [-0.4, -0.2) is 17.6 Å². The van der Waals surface area contributed by atoms with Crippen molar-refractivity contribution in [1.29, 1.82) is 0 Å². The minimum Gasteiger partial charge on any atom is -0.383 e. The second-order valence-corrected chi connectivity index (χ2v) is 3.43. The number of anilines is 1. The first-order valence-corrected chi connectivity index (χ1v) is 4.53. The molecule has 0 saturated heterocycles. The van der Waals surface area contributed by atoms with Gasteiger partial charge in [0.1, 0.15) is 0 Å². The van der Waals surface area contributed by atoms with Crippen molar-refractivity contribution in [2.24, 2.45) is 5.73 Å². The summed E-state index contributed by atoms with van der Waals surface area (Å²) in [6.45, 7) is 6.85. The average molecular weight is 179 g/mol. The number of hydrogen-bond acceptors (Lipinski definition) is 3. The van der Waals surface area contributed by atoms with Gasteiger partial charge in [-0.3, -0.25) is 4.98 Å². The Morgan fingerprint density at radius 3 is 2.85 bits per heavy atom. The van der Waals surface area contributed by atoms with Crippen LogP contribution in [-0.2, 0) is 0 Å². The molecule has 1 aromatic rings. The summed E-state index contributed by atoms with van der Waals surface area (Å²) in [5.74, 6) is 0. The Labute approximate surface area is 79.4 Å². The lowest BCUT2D eigenvalue weighted by Gasteiger charge is -2.12. The molecule has 1 aromatic heterocycles. The first-order chi connectivity index (χ1) is 6.11. The molecule has 3 nitrogen and oxygen atoms in total. The highest BCUT2D eigenvalue weighted by atomic mass is 14.9. The van der Waals surface area contributed by atoms with Gasteiger partial charge in [0, 0.05) is 30.2 Å². The molecule has 3 heteroatoms. The molecule has 0 fully saturated rings. The normalized spacial score (nSPS) is 12.6. The lowest BCUT2D eigenvalue weighted by molar-refractivity contribution is 0.779. The molecule has 0 amide bonds. The van der Waals surface area contributed by atoms with Gasteiger partial charge < -0.3 is 11.1 Å². The molecule has 0 aliphatic carbocycles. The van der Waals surface area contributed by atoms with Gasteiger partial charge in [-0.1, -0.05) is 0 Å². The molecular formula is C10H17N3. The lowest BCUT2D eigenvalue weighted by atomic mass is 10.2. The number of nitrogens with one attached hydrogen (secondary N) is 1. The smallest absolute Gasteiger partial charge is 0.0422 e. The molecular weight excluding hydrogens is 162 g/mol. The number of hydrogen-bond donors (Lipinski definition) is 2. The highest BCUT2D eigenvalue weighted by Crippen LogP contribution is 2.15. The van der Waals surface area contributed by atoms with Gasteiger partial charge >= 0.3 is 0 Å². The number of nitrogens with zero attached hydrogens (tertiary/aromatic N) is 1. The summed E-state index contributed by atoms with van der Waals surface area (Å²) in [5, 5.41) is 3.29. The van der Waals surface area contributed by atoms with Gasteiger partial charge in [0.2, 0.25) is 0 Å². The third kappa shape index (κ3) is 2.70. The molecule has 0 saturated carbocycles. The Balaban J connectivity index is 2.71. The number of aromatic nitrogens is 1. The summed E-state index contributed by atoms with van der Waals surface area (Å²) >= 11 is 0. The molecule has 0 radical (unpaired) electrons. The zero-order valence-electron chi connectivity index (χ0n) is 8.46. The van der Waals surface area contributed by atoms with E-state index in [1.165, 1.54) is 5.56 Å². The van der Waals surface area contributed by atoms with Crippen LogP contribution in [0.15, 0.2) is 12.3 Å². The van der Waals surface area contributed by atoms with Crippen molar-refractivity contribution in [2.45, 2.75) is 26.8 Å². The monoisotopic (exact) mass is 179 g/mol. The van der Waals surface area contributed by atoms with E-state index in [9.17, 15) is 0 Å². The molecule has 0 aliphatic heterocycles. The molecule has 0 bridgehead atoms. The van der Waals surface area contributed by atoms with Crippen molar-refractivity contribution >= 4 is 5.69 Å². The fraction of sp³-hybridized carbons (Fsp3) is 0.500. The highest BCUT2D eigenvalue weighted by molar-refractivity contribution is 5.51. The van der Waals surface area contributed by atoms with E-state index in [1.54, 1.807) is 0 Å². The minimum atomic E-state index is 0.174. The first kappa shape index (κ1) is 9.99. The van der Waals surface area contributed by atoms with Crippen molar-refractivity contribution in [1.82, 2.24) is 4.98 Å². The summed E-state index contributed by atoms with van der Waals surface area (Å²) in [5.41, 5.74) is 9.04. The van der Waals surface area contributed by atoms with Gasteiger partial charge in [-0.25, -0.2) is 0 Å². The lowest BCUT2D eigenvalue weighted by Crippen LogP contribution is -2.25. The molecule has 1 atom stereocenters. The third-order valence-electron chi connectivity index (χ3n) is 2.07. The summed E-state index contributed by atoms with van der Waals surface area (Å²) < 4.78 is 0. The van der Waals surface area contributed by atoms with E-state index in [-0.39, 0.29) is 6.04 Å². The predicted molar refractivity (Wildman–Crippen MR) is 55.9 cm³/mol. The minimum absolute atomic E-state index is 0.174. The van der Waals surface area contributed by atoms with E-state index in [1.807, 2.05) is 26.1 Å². The summed E-state index contributed by atoms with van der Waals surface area (Å²) in [7, 11) is 0. The Morgan fingerprint density at radius 2 is 2.23 bits per heavy atom. The Bertz CT molecular complexity index is 281. The van der Waals surface area contributed by atoms with E-state index in [0.29, 0.717) is 0 Å². The summed E-state index contributed by atoms with van der Waals surface area (Å²) in [6.07, 6.45) is 1.81. The molecule has 13 heavy (non-hydrogen) atoms. The number of rotatable bonds is 3. The van der Waals surface area contributed by atoms with E-state index in [4.69, 9.17) is 5.73 Å². The Hall–Kier alpha value is -1.09. The zero-order valence-corrected chi connectivity index (χ0v) is 8.46. The van der Waals surface area contributed by atoms with Crippen molar-refractivity contribution < 1.29 is 0 Å². The largest absolute Gasteiger partial charge is 0.383 e. The molecule has 0 aromatic carbocycles. The third-order valence-corrected chi connectivity index (χ3v) is 2.07. The second kappa shape index (κ2) is 4.23. The molecule has 1 unspecified atom stereocenters. The quantitative estimate of drug-likeness (QED) is 0.738. The van der Waals surface area contributed by atoms with Gasteiger partial charge in [0.25, 0.3) is 0 Å². The van der Waals surface area contributed by atoms with Crippen LogP contribution in [0.3, 0.4) is 0 Å². The van der Waals surface area contributed by atoms with Crippen molar-refractivity contribution in [3.05, 3.63) is 23.5 Å². The predicted octanol–water partition coefficient (Wildman–Crippen LogP) is 1.46. The van der Waals surface area contributed by atoms with Crippen LogP contribution in [0.1, 0.15) is 18.2 Å². The Morgan fingerprint density at radius 1 is 1.54 bits per heavy atom. The summed E-state index contributed by atoms with van der Waals surface area (Å²) in [6, 6.07) is 2.15. The van der Waals surface area contributed by atoms with E-state index < -0.39 is 0 Å². The molecule has 1 heterocycles. The number of aryl methyl sites for hydroxylation is 1. The van der Waals surface area contributed by atoms with Gasteiger partial charge in [0.05, 0.1) is 0 Å². The molecule has 3 N–H and O–H groups in total. The van der Waals surface area contributed by atoms with Crippen molar-refractivity contribution in [3.63, 3.8) is 0 Å². The topological polar surface area (TPSA) is 50.9 Å². The number of nitrogens with two attached hydrogens (primary N) is 1. The number of pyridine rings is 1. The van der Waals surface area contributed by atoms with Gasteiger partial charge in [0.15, 0.2) is 0 Å². The molecule has 0 spiro atoms. The Kier molecular flexibility index (Phi) is 3.25. The van der Waals surface area contributed by atoms with Crippen LogP contribution in [0.5, 0.6) is 0 Å². The SMILES string of the molecule is Cc1nccc(NCC(C)N)c1C. The molecule has 0 aliphatic rings. The maximum atomic E-state index is 5.65. The fourth-order valence-electron chi connectivity index (χ4n) is 1.10. The standard InChI is InChI=1S/C10H17N3/c1-7(11)6-13-10-4-5-12-9(3)8(10)2/h4-5,7H,6,11H2,1-3H3,(H,12,13). The van der Waals surface area contributed by atoms with Gasteiger partial charge in [-0.15, -0.1) is 0 Å². The van der Waals surface area contributed by atoms with Crippen LogP contribution in [0.25, 0.3) is 0 Å². The van der Waals surface area contributed by atoms with Gasteiger partial charge in [-0.05, 0) is 32.4 Å².